The molecule has 1 heterocycles. The summed E-state index contributed by atoms with van der Waals surface area (Å²) in [4.78, 5) is 12.7. The summed E-state index contributed by atoms with van der Waals surface area (Å²) in [5, 5.41) is 14.9. The molecule has 0 bridgehead atoms. The van der Waals surface area contributed by atoms with E-state index in [1.54, 1.807) is 12.1 Å². The molecule has 1 saturated heterocycles. The van der Waals surface area contributed by atoms with Gasteiger partial charge in [0.15, 0.2) is 9.84 Å². The van der Waals surface area contributed by atoms with Gasteiger partial charge in [-0.05, 0) is 30.3 Å². The van der Waals surface area contributed by atoms with E-state index in [1.165, 1.54) is 18.2 Å². The summed E-state index contributed by atoms with van der Waals surface area (Å²) in [6, 6.07) is 9.49. The molecule has 0 aromatic heterocycles. The summed E-state index contributed by atoms with van der Waals surface area (Å²) < 4.78 is 23.8. The van der Waals surface area contributed by atoms with Crippen molar-refractivity contribution in [2.45, 2.75) is 4.90 Å². The number of sulfone groups is 1. The van der Waals surface area contributed by atoms with Crippen LogP contribution in [0.3, 0.4) is 0 Å². The average Bonchev–Trinajstić information content (AvgIpc) is 2.61. The van der Waals surface area contributed by atoms with Gasteiger partial charge in [-0.1, -0.05) is 17.7 Å². The summed E-state index contributed by atoms with van der Waals surface area (Å²) in [5.41, 5.74) is 1.08. The quantitative estimate of drug-likeness (QED) is 0.570. The lowest BCUT2D eigenvalue weighted by molar-refractivity contribution is -0.386. The maximum Gasteiger partial charge on any atom is 0.311 e. The minimum Gasteiger partial charge on any atom is -0.369 e. The Kier molecular flexibility index (Phi) is 5.83. The fourth-order valence-corrected chi connectivity index (χ4v) is 4.98. The number of hydrogen-bond donors (Lipinski definition) is 1. The molecule has 0 amide bonds. The molecular weight excluding hydrogens is 410 g/mol. The zero-order valence-electron chi connectivity index (χ0n) is 14.5. The zero-order chi connectivity index (χ0) is 19.6. The van der Waals surface area contributed by atoms with Gasteiger partial charge in [0.25, 0.3) is 0 Å². The largest absolute Gasteiger partial charge is 0.369 e. The molecule has 1 N–H and O–H groups in total. The Balaban J connectivity index is 1.94. The van der Waals surface area contributed by atoms with Gasteiger partial charge in [-0.3, -0.25) is 10.1 Å². The molecule has 0 saturated carbocycles. The van der Waals surface area contributed by atoms with E-state index in [2.05, 4.69) is 10.2 Å². The third-order valence-electron chi connectivity index (χ3n) is 4.16. The number of nitrogens with zero attached hydrogens (tertiary/aromatic N) is 2. The molecule has 144 valence electrons. The van der Waals surface area contributed by atoms with Gasteiger partial charge in [0.1, 0.15) is 10.6 Å². The molecule has 0 radical (unpaired) electrons. The third-order valence-corrected chi connectivity index (χ3v) is 6.53. The minimum absolute atomic E-state index is 0.0983. The first-order chi connectivity index (χ1) is 12.8. The van der Waals surface area contributed by atoms with E-state index >= 15 is 0 Å². The molecular formula is C17H18ClN3O4S2. The second kappa shape index (κ2) is 7.95. The van der Waals surface area contributed by atoms with Crippen molar-refractivity contribution in [1.29, 1.82) is 0 Å². The van der Waals surface area contributed by atoms with Crippen LogP contribution in [-0.2, 0) is 9.84 Å². The molecule has 1 fully saturated rings. The number of hydrogen-bond acceptors (Lipinski definition) is 7. The van der Waals surface area contributed by atoms with Crippen molar-refractivity contribution in [3.05, 3.63) is 51.5 Å². The van der Waals surface area contributed by atoms with Crippen molar-refractivity contribution >= 4 is 55.9 Å². The van der Waals surface area contributed by atoms with E-state index in [0.717, 1.165) is 36.5 Å². The van der Waals surface area contributed by atoms with Crippen molar-refractivity contribution in [3.8, 4) is 0 Å². The standard InChI is InChI=1S/C17H18ClN3O4S2/c1-27(24,25)16-4-2-3-14(17(16)21(22)23)19-12-5-6-15(13(18)11-12)20-7-9-26-10-8-20/h2-6,11,19H,7-10H2,1H3. The smallest absolute Gasteiger partial charge is 0.311 e. The molecule has 1 aliphatic heterocycles. The van der Waals surface area contributed by atoms with Crippen molar-refractivity contribution in [1.82, 2.24) is 0 Å². The molecule has 2 aromatic rings. The average molecular weight is 428 g/mol. The van der Waals surface area contributed by atoms with Gasteiger partial charge in [-0.2, -0.15) is 11.8 Å². The number of benzene rings is 2. The number of rotatable bonds is 5. The van der Waals surface area contributed by atoms with Crippen LogP contribution in [0.2, 0.25) is 5.02 Å². The number of para-hydroxylation sites is 1. The van der Waals surface area contributed by atoms with Crippen LogP contribution in [-0.4, -0.2) is 44.2 Å². The van der Waals surface area contributed by atoms with Crippen molar-refractivity contribution in [2.24, 2.45) is 0 Å². The van der Waals surface area contributed by atoms with E-state index in [0.29, 0.717) is 10.7 Å². The molecule has 1 aliphatic rings. The number of nitrogens with one attached hydrogen (secondary N) is 1. The second-order valence-electron chi connectivity index (χ2n) is 6.07. The van der Waals surface area contributed by atoms with E-state index in [-0.39, 0.29) is 10.6 Å². The molecule has 2 aromatic carbocycles. The summed E-state index contributed by atoms with van der Waals surface area (Å²) in [5.74, 6) is 2.08. The fourth-order valence-electron chi connectivity index (χ4n) is 2.91. The van der Waals surface area contributed by atoms with E-state index in [4.69, 9.17) is 11.6 Å². The normalized spacial score (nSPS) is 14.8. The van der Waals surface area contributed by atoms with Gasteiger partial charge in [-0.15, -0.1) is 0 Å². The van der Waals surface area contributed by atoms with Crippen LogP contribution in [0.1, 0.15) is 0 Å². The molecule has 7 nitrogen and oxygen atoms in total. The minimum atomic E-state index is -3.74. The third kappa shape index (κ3) is 4.48. The Labute approximate surface area is 166 Å². The van der Waals surface area contributed by atoms with Gasteiger partial charge in [0.2, 0.25) is 0 Å². The van der Waals surface area contributed by atoms with Crippen LogP contribution in [0.25, 0.3) is 0 Å². The number of anilines is 3. The van der Waals surface area contributed by atoms with Gasteiger partial charge < -0.3 is 10.2 Å². The maximum atomic E-state index is 11.9. The van der Waals surface area contributed by atoms with Crippen LogP contribution in [0.5, 0.6) is 0 Å². The SMILES string of the molecule is CS(=O)(=O)c1cccc(Nc2ccc(N3CCSCC3)c(Cl)c2)c1[N+](=O)[O-]. The molecule has 0 aliphatic carbocycles. The van der Waals surface area contributed by atoms with Crippen LogP contribution in [0.15, 0.2) is 41.3 Å². The highest BCUT2D eigenvalue weighted by atomic mass is 35.5. The first-order valence-electron chi connectivity index (χ1n) is 8.14. The summed E-state index contributed by atoms with van der Waals surface area (Å²) in [6.45, 7) is 1.83. The number of halogens is 1. The highest BCUT2D eigenvalue weighted by molar-refractivity contribution is 7.99. The molecule has 10 heteroatoms. The molecule has 0 atom stereocenters. The van der Waals surface area contributed by atoms with Gasteiger partial charge in [-0.25, -0.2) is 8.42 Å². The predicted molar refractivity (Wildman–Crippen MR) is 110 cm³/mol. The first-order valence-corrected chi connectivity index (χ1v) is 11.6. The van der Waals surface area contributed by atoms with Crippen LogP contribution >= 0.6 is 23.4 Å². The van der Waals surface area contributed by atoms with E-state index in [1.807, 2.05) is 17.8 Å². The summed E-state index contributed by atoms with van der Waals surface area (Å²) in [6.07, 6.45) is 0.946. The number of nitro groups is 1. The van der Waals surface area contributed by atoms with Crippen LogP contribution in [0.4, 0.5) is 22.7 Å². The van der Waals surface area contributed by atoms with Gasteiger partial charge in [0, 0.05) is 36.5 Å². The Hall–Kier alpha value is -1.97. The Morgan fingerprint density at radius 3 is 2.52 bits per heavy atom. The molecule has 3 rings (SSSR count). The van der Waals surface area contributed by atoms with E-state index < -0.39 is 20.4 Å². The maximum absolute atomic E-state index is 11.9. The molecule has 0 unspecified atom stereocenters. The lowest BCUT2D eigenvalue weighted by Crippen LogP contribution is -2.32. The molecule has 0 spiro atoms. The highest BCUT2D eigenvalue weighted by Gasteiger charge is 2.26. The summed E-state index contributed by atoms with van der Waals surface area (Å²) in [7, 11) is -3.74. The number of thioether (sulfide) groups is 1. The first kappa shape index (κ1) is 19.8. The Bertz CT molecular complexity index is 976. The van der Waals surface area contributed by atoms with Crippen molar-refractivity contribution in [3.63, 3.8) is 0 Å². The zero-order valence-corrected chi connectivity index (χ0v) is 16.9. The van der Waals surface area contributed by atoms with Crippen LogP contribution in [0, 0.1) is 10.1 Å². The molecule has 27 heavy (non-hydrogen) atoms. The Morgan fingerprint density at radius 1 is 1.22 bits per heavy atom. The van der Waals surface area contributed by atoms with Crippen LogP contribution < -0.4 is 10.2 Å². The second-order valence-corrected chi connectivity index (χ2v) is 9.69. The Morgan fingerprint density at radius 2 is 1.93 bits per heavy atom. The lowest BCUT2D eigenvalue weighted by atomic mass is 10.2. The van der Waals surface area contributed by atoms with Gasteiger partial charge in [0.05, 0.1) is 15.6 Å². The lowest BCUT2D eigenvalue weighted by Gasteiger charge is -2.29. The summed E-state index contributed by atoms with van der Waals surface area (Å²) >= 11 is 8.32. The van der Waals surface area contributed by atoms with E-state index in [9.17, 15) is 18.5 Å². The van der Waals surface area contributed by atoms with Crippen molar-refractivity contribution < 1.29 is 13.3 Å². The fraction of sp³-hybridized carbons (Fsp3) is 0.294. The predicted octanol–water partition coefficient (Wildman–Crippen LogP) is 3.95. The number of nitro benzene ring substituents is 1. The monoisotopic (exact) mass is 427 g/mol. The van der Waals surface area contributed by atoms with Gasteiger partial charge >= 0.3 is 5.69 Å². The van der Waals surface area contributed by atoms with Crippen molar-refractivity contribution in [2.75, 3.05) is 41.1 Å². The highest BCUT2D eigenvalue weighted by Crippen LogP contribution is 2.36. The topological polar surface area (TPSA) is 92.6 Å².